The molecule has 0 aliphatic rings. The summed E-state index contributed by atoms with van der Waals surface area (Å²) in [5.74, 6) is 0. The molecule has 0 atom stereocenters. The smallest absolute Gasteiger partial charge is 0.412 e. The summed E-state index contributed by atoms with van der Waals surface area (Å²) >= 11 is 7.72. The summed E-state index contributed by atoms with van der Waals surface area (Å²) in [6.07, 6.45) is 1.24. The Balaban J connectivity index is 1.87. The first-order valence-electron chi connectivity index (χ1n) is 7.04. The third-order valence-electron chi connectivity index (χ3n) is 3.04. The van der Waals surface area contributed by atoms with Gasteiger partial charge in [-0.25, -0.2) is 9.78 Å². The van der Waals surface area contributed by atoms with Crippen LogP contribution in [0.2, 0.25) is 5.15 Å². The van der Waals surface area contributed by atoms with Gasteiger partial charge in [0.05, 0.1) is 5.00 Å². The van der Waals surface area contributed by atoms with Crippen molar-refractivity contribution in [3.8, 4) is 11.1 Å². The number of halogens is 1. The molecule has 120 valence electrons. The molecule has 2 N–H and O–H groups in total. The molecule has 0 spiro atoms. The molecule has 1 amide bonds. The maximum absolute atomic E-state index is 11.8. The van der Waals surface area contributed by atoms with Crippen LogP contribution in [0.5, 0.6) is 0 Å². The number of H-pyrrole nitrogens is 1. The van der Waals surface area contributed by atoms with Crippen molar-refractivity contribution in [2.75, 3.05) is 5.32 Å². The summed E-state index contributed by atoms with van der Waals surface area (Å²) in [5.41, 5.74) is 2.00. The second-order valence-corrected chi connectivity index (χ2v) is 7.33. The Morgan fingerprint density at radius 1 is 1.43 bits per heavy atom. The Morgan fingerprint density at radius 3 is 2.96 bits per heavy atom. The number of nitrogens with zero attached hydrogens (tertiary/aromatic N) is 1. The van der Waals surface area contributed by atoms with Crippen molar-refractivity contribution in [1.82, 2.24) is 9.97 Å². The standard InChI is InChI=1S/C16H16ClN3O2S/c1-16(2,3)22-15(21)19-11-7-9(8-23-11)12-10-5-4-6-18-14(10)20-13(12)17/h4-8H,1-3H3,(H,18,20)(H,19,21). The zero-order valence-electron chi connectivity index (χ0n) is 12.9. The van der Waals surface area contributed by atoms with E-state index >= 15 is 0 Å². The number of thiophene rings is 1. The molecule has 0 aliphatic heterocycles. The number of rotatable bonds is 2. The lowest BCUT2D eigenvalue weighted by Crippen LogP contribution is -2.26. The number of fused-ring (bicyclic) bond motifs is 1. The average Bonchev–Trinajstić information content (AvgIpc) is 2.99. The first-order chi connectivity index (χ1) is 10.8. The summed E-state index contributed by atoms with van der Waals surface area (Å²) in [6.45, 7) is 5.47. The van der Waals surface area contributed by atoms with Gasteiger partial charge in [-0.1, -0.05) is 11.6 Å². The van der Waals surface area contributed by atoms with E-state index in [0.717, 1.165) is 22.2 Å². The summed E-state index contributed by atoms with van der Waals surface area (Å²) in [5, 5.41) is 6.84. The van der Waals surface area contributed by atoms with Crippen LogP contribution in [-0.2, 0) is 4.74 Å². The van der Waals surface area contributed by atoms with Gasteiger partial charge in [0, 0.05) is 22.5 Å². The number of hydrogen-bond acceptors (Lipinski definition) is 4. The van der Waals surface area contributed by atoms with Crippen LogP contribution in [0, 0.1) is 0 Å². The van der Waals surface area contributed by atoms with Gasteiger partial charge in [0.15, 0.2) is 0 Å². The minimum Gasteiger partial charge on any atom is -0.444 e. The molecule has 0 bridgehead atoms. The molecule has 0 unspecified atom stereocenters. The van der Waals surface area contributed by atoms with Crippen LogP contribution in [-0.4, -0.2) is 21.7 Å². The fourth-order valence-electron chi connectivity index (χ4n) is 2.21. The van der Waals surface area contributed by atoms with Crippen LogP contribution < -0.4 is 5.32 Å². The molecule has 3 heterocycles. The van der Waals surface area contributed by atoms with Crippen LogP contribution in [0.1, 0.15) is 20.8 Å². The fourth-order valence-corrected chi connectivity index (χ4v) is 3.29. The molecule has 3 aromatic rings. The summed E-state index contributed by atoms with van der Waals surface area (Å²) in [7, 11) is 0. The Labute approximate surface area is 142 Å². The second kappa shape index (κ2) is 5.86. The molecular weight excluding hydrogens is 334 g/mol. The van der Waals surface area contributed by atoms with E-state index in [1.807, 2.05) is 44.4 Å². The van der Waals surface area contributed by atoms with Crippen molar-refractivity contribution < 1.29 is 9.53 Å². The van der Waals surface area contributed by atoms with Crippen LogP contribution >= 0.6 is 22.9 Å². The summed E-state index contributed by atoms with van der Waals surface area (Å²) in [4.78, 5) is 19.1. The first-order valence-corrected chi connectivity index (χ1v) is 8.30. The lowest BCUT2D eigenvalue weighted by Gasteiger charge is -2.19. The van der Waals surface area contributed by atoms with Gasteiger partial charge in [0.2, 0.25) is 0 Å². The van der Waals surface area contributed by atoms with E-state index in [1.54, 1.807) is 6.20 Å². The van der Waals surface area contributed by atoms with Gasteiger partial charge >= 0.3 is 6.09 Å². The lowest BCUT2D eigenvalue weighted by molar-refractivity contribution is 0.0636. The quantitative estimate of drug-likeness (QED) is 0.660. The number of pyridine rings is 1. The molecule has 3 rings (SSSR count). The molecule has 0 aliphatic carbocycles. The molecule has 0 aromatic carbocycles. The molecule has 5 nitrogen and oxygen atoms in total. The van der Waals surface area contributed by atoms with Crippen molar-refractivity contribution in [1.29, 1.82) is 0 Å². The molecule has 7 heteroatoms. The van der Waals surface area contributed by atoms with E-state index in [4.69, 9.17) is 16.3 Å². The van der Waals surface area contributed by atoms with E-state index in [2.05, 4.69) is 15.3 Å². The highest BCUT2D eigenvalue weighted by molar-refractivity contribution is 7.14. The van der Waals surface area contributed by atoms with Crippen molar-refractivity contribution in [3.05, 3.63) is 34.9 Å². The third-order valence-corrected chi connectivity index (χ3v) is 4.17. The number of aromatic amines is 1. The average molecular weight is 350 g/mol. The Morgan fingerprint density at radius 2 is 2.22 bits per heavy atom. The van der Waals surface area contributed by atoms with E-state index < -0.39 is 11.7 Å². The highest BCUT2D eigenvalue weighted by Crippen LogP contribution is 2.38. The fraction of sp³-hybridized carbons (Fsp3) is 0.250. The molecule has 23 heavy (non-hydrogen) atoms. The van der Waals surface area contributed by atoms with E-state index in [-0.39, 0.29) is 0 Å². The SMILES string of the molecule is CC(C)(C)OC(=O)Nc1cc(-c2c(Cl)[nH]c3ncccc23)cs1. The largest absolute Gasteiger partial charge is 0.444 e. The first kappa shape index (κ1) is 15.8. The van der Waals surface area contributed by atoms with Gasteiger partial charge < -0.3 is 9.72 Å². The molecule has 0 radical (unpaired) electrons. The van der Waals surface area contributed by atoms with E-state index in [0.29, 0.717) is 10.2 Å². The Bertz CT molecular complexity index is 864. The number of aromatic nitrogens is 2. The van der Waals surface area contributed by atoms with Gasteiger partial charge in [0.1, 0.15) is 16.4 Å². The number of carbonyl (C=O) groups is 1. The number of nitrogens with one attached hydrogen (secondary N) is 2. The number of anilines is 1. The van der Waals surface area contributed by atoms with Crippen molar-refractivity contribution >= 4 is 45.1 Å². The van der Waals surface area contributed by atoms with Gasteiger partial charge in [-0.2, -0.15) is 0 Å². The van der Waals surface area contributed by atoms with Crippen LogP contribution in [0.15, 0.2) is 29.8 Å². The lowest BCUT2D eigenvalue weighted by atomic mass is 10.1. The van der Waals surface area contributed by atoms with Gasteiger partial charge in [-0.15, -0.1) is 11.3 Å². The number of amides is 1. The van der Waals surface area contributed by atoms with E-state index in [1.165, 1.54) is 11.3 Å². The minimum absolute atomic E-state index is 0.474. The van der Waals surface area contributed by atoms with Gasteiger partial charge in [-0.3, -0.25) is 5.32 Å². The minimum atomic E-state index is -0.532. The predicted molar refractivity (Wildman–Crippen MR) is 94.3 cm³/mol. The number of hydrogen-bond donors (Lipinski definition) is 2. The predicted octanol–water partition coefficient (Wildman–Crippen LogP) is 5.29. The van der Waals surface area contributed by atoms with Crippen molar-refractivity contribution in [3.63, 3.8) is 0 Å². The summed E-state index contributed by atoms with van der Waals surface area (Å²) < 4.78 is 5.25. The molecule has 0 fully saturated rings. The Kier molecular flexibility index (Phi) is 4.04. The highest BCUT2D eigenvalue weighted by Gasteiger charge is 2.18. The van der Waals surface area contributed by atoms with Crippen LogP contribution in [0.4, 0.5) is 9.80 Å². The number of carbonyl (C=O) groups excluding carboxylic acids is 1. The molecule has 0 saturated carbocycles. The van der Waals surface area contributed by atoms with Gasteiger partial charge in [-0.05, 0) is 44.5 Å². The number of ether oxygens (including phenoxy) is 1. The maximum atomic E-state index is 11.8. The molecule has 3 aromatic heterocycles. The zero-order valence-corrected chi connectivity index (χ0v) is 14.5. The third kappa shape index (κ3) is 3.48. The van der Waals surface area contributed by atoms with Crippen LogP contribution in [0.3, 0.4) is 0 Å². The second-order valence-electron chi connectivity index (χ2n) is 6.04. The van der Waals surface area contributed by atoms with Crippen LogP contribution in [0.25, 0.3) is 22.2 Å². The maximum Gasteiger partial charge on any atom is 0.412 e. The van der Waals surface area contributed by atoms with Crippen molar-refractivity contribution in [2.24, 2.45) is 0 Å². The van der Waals surface area contributed by atoms with Gasteiger partial charge in [0.25, 0.3) is 0 Å². The summed E-state index contributed by atoms with van der Waals surface area (Å²) in [6, 6.07) is 5.69. The topological polar surface area (TPSA) is 67.0 Å². The van der Waals surface area contributed by atoms with E-state index in [9.17, 15) is 4.79 Å². The van der Waals surface area contributed by atoms with Crippen molar-refractivity contribution in [2.45, 2.75) is 26.4 Å². The monoisotopic (exact) mass is 349 g/mol. The molecular formula is C16H16ClN3O2S. The Hall–Kier alpha value is -2.05. The zero-order chi connectivity index (χ0) is 16.6. The highest BCUT2D eigenvalue weighted by atomic mass is 35.5. The molecule has 0 saturated heterocycles. The normalized spacial score (nSPS) is 11.7.